The molecule has 0 unspecified atom stereocenters. The lowest BCUT2D eigenvalue weighted by Gasteiger charge is -2.05. The fourth-order valence-electron chi connectivity index (χ4n) is 2.05. The van der Waals surface area contributed by atoms with Crippen molar-refractivity contribution < 1.29 is 4.74 Å². The lowest BCUT2D eigenvalue weighted by Crippen LogP contribution is -1.83. The minimum Gasteiger partial charge on any atom is -0.497 e. The number of rotatable bonds is 2. The van der Waals surface area contributed by atoms with Crippen molar-refractivity contribution in [3.05, 3.63) is 60.9 Å². The maximum absolute atomic E-state index is 5.17. The summed E-state index contributed by atoms with van der Waals surface area (Å²) in [6.07, 6.45) is 3.70. The van der Waals surface area contributed by atoms with Gasteiger partial charge < -0.3 is 4.74 Å². The van der Waals surface area contributed by atoms with Crippen LogP contribution in [0, 0.1) is 0 Å². The molecule has 3 rings (SSSR count). The summed E-state index contributed by atoms with van der Waals surface area (Å²) in [5, 5.41) is 2.37. The van der Waals surface area contributed by atoms with Crippen LogP contribution >= 0.6 is 0 Å². The maximum Gasteiger partial charge on any atom is 0.118 e. The molecule has 0 N–H and O–H groups in total. The number of methoxy groups -OCH3 is 1. The third-order valence-electron chi connectivity index (χ3n) is 3.06. The van der Waals surface area contributed by atoms with E-state index in [9.17, 15) is 0 Å². The lowest BCUT2D eigenvalue weighted by atomic mass is 10.0. The summed E-state index contributed by atoms with van der Waals surface area (Å²) in [5.74, 6) is 0.878. The number of aromatic nitrogens is 1. The average Bonchev–Trinajstić information content (AvgIpc) is 2.47. The minimum atomic E-state index is 0.878. The molecule has 1 aromatic heterocycles. The molecule has 0 saturated heterocycles. The van der Waals surface area contributed by atoms with Crippen LogP contribution in [0.3, 0.4) is 0 Å². The highest BCUT2D eigenvalue weighted by atomic mass is 16.5. The summed E-state index contributed by atoms with van der Waals surface area (Å²) in [6.45, 7) is 0. The SMILES string of the molecule is COc1ccc(-c2ccc3cnccc3c2)cc1. The third-order valence-corrected chi connectivity index (χ3v) is 3.06. The standard InChI is InChI=1S/C16H13NO/c1-18-16-6-4-12(5-7-16)13-2-3-15-11-17-9-8-14(15)10-13/h2-11H,1H3. The molecule has 88 valence electrons. The van der Waals surface area contributed by atoms with Crippen LogP contribution in [0.15, 0.2) is 60.9 Å². The Morgan fingerprint density at radius 1 is 0.833 bits per heavy atom. The Balaban J connectivity index is 2.07. The summed E-state index contributed by atoms with van der Waals surface area (Å²) in [6, 6.07) is 16.5. The van der Waals surface area contributed by atoms with E-state index < -0.39 is 0 Å². The summed E-state index contributed by atoms with van der Waals surface area (Å²) < 4.78 is 5.17. The summed E-state index contributed by atoms with van der Waals surface area (Å²) >= 11 is 0. The van der Waals surface area contributed by atoms with Crippen molar-refractivity contribution in [3.63, 3.8) is 0 Å². The van der Waals surface area contributed by atoms with E-state index >= 15 is 0 Å². The van der Waals surface area contributed by atoms with Crippen molar-refractivity contribution in [2.45, 2.75) is 0 Å². The smallest absolute Gasteiger partial charge is 0.118 e. The molecule has 3 aromatic rings. The lowest BCUT2D eigenvalue weighted by molar-refractivity contribution is 0.415. The van der Waals surface area contributed by atoms with Crippen LogP contribution in [0.2, 0.25) is 0 Å². The fourth-order valence-corrected chi connectivity index (χ4v) is 2.05. The number of fused-ring (bicyclic) bond motifs is 1. The number of benzene rings is 2. The normalized spacial score (nSPS) is 10.5. The molecule has 18 heavy (non-hydrogen) atoms. The second-order valence-electron chi connectivity index (χ2n) is 4.17. The second kappa shape index (κ2) is 4.49. The van der Waals surface area contributed by atoms with Crippen molar-refractivity contribution in [2.24, 2.45) is 0 Å². The van der Waals surface area contributed by atoms with Gasteiger partial charge in [-0.3, -0.25) is 4.98 Å². The number of nitrogens with zero attached hydrogens (tertiary/aromatic N) is 1. The summed E-state index contributed by atoms with van der Waals surface area (Å²) in [7, 11) is 1.68. The Kier molecular flexibility index (Phi) is 2.69. The molecule has 0 aliphatic carbocycles. The van der Waals surface area contributed by atoms with Gasteiger partial charge in [0.25, 0.3) is 0 Å². The Morgan fingerprint density at radius 3 is 2.39 bits per heavy atom. The van der Waals surface area contributed by atoms with E-state index in [1.807, 2.05) is 30.6 Å². The zero-order valence-corrected chi connectivity index (χ0v) is 10.1. The van der Waals surface area contributed by atoms with Crippen molar-refractivity contribution in [2.75, 3.05) is 7.11 Å². The van der Waals surface area contributed by atoms with Gasteiger partial charge in [0, 0.05) is 17.8 Å². The predicted octanol–water partition coefficient (Wildman–Crippen LogP) is 3.91. The molecule has 0 atom stereocenters. The molecule has 0 spiro atoms. The van der Waals surface area contributed by atoms with Crippen molar-refractivity contribution in [1.29, 1.82) is 0 Å². The van der Waals surface area contributed by atoms with Crippen LogP contribution in [0.4, 0.5) is 0 Å². The van der Waals surface area contributed by atoms with Crippen LogP contribution < -0.4 is 4.74 Å². The van der Waals surface area contributed by atoms with Gasteiger partial charge >= 0.3 is 0 Å². The topological polar surface area (TPSA) is 22.1 Å². The molecule has 0 aliphatic rings. The molecular weight excluding hydrogens is 222 g/mol. The van der Waals surface area contributed by atoms with Gasteiger partial charge in [-0.1, -0.05) is 24.3 Å². The maximum atomic E-state index is 5.17. The fraction of sp³-hybridized carbons (Fsp3) is 0.0625. The number of pyridine rings is 1. The van der Waals surface area contributed by atoms with Gasteiger partial charge in [-0.25, -0.2) is 0 Å². The average molecular weight is 235 g/mol. The van der Waals surface area contributed by atoms with E-state index in [0.717, 1.165) is 11.1 Å². The van der Waals surface area contributed by atoms with Gasteiger partial charge in [0.05, 0.1) is 7.11 Å². The van der Waals surface area contributed by atoms with Gasteiger partial charge in [-0.2, -0.15) is 0 Å². The number of hydrogen-bond acceptors (Lipinski definition) is 2. The van der Waals surface area contributed by atoms with Crippen molar-refractivity contribution in [1.82, 2.24) is 4.98 Å². The van der Waals surface area contributed by atoms with Crippen LogP contribution in [0.5, 0.6) is 5.75 Å². The van der Waals surface area contributed by atoms with Crippen LogP contribution in [0.1, 0.15) is 0 Å². The van der Waals surface area contributed by atoms with E-state index in [-0.39, 0.29) is 0 Å². The van der Waals surface area contributed by atoms with Gasteiger partial charge in [-0.05, 0) is 40.8 Å². The molecule has 0 aliphatic heterocycles. The molecule has 0 fully saturated rings. The zero-order valence-electron chi connectivity index (χ0n) is 10.1. The first-order chi connectivity index (χ1) is 8.86. The highest BCUT2D eigenvalue weighted by molar-refractivity contribution is 5.86. The largest absolute Gasteiger partial charge is 0.497 e. The monoisotopic (exact) mass is 235 g/mol. The van der Waals surface area contributed by atoms with Gasteiger partial charge in [-0.15, -0.1) is 0 Å². The van der Waals surface area contributed by atoms with Crippen LogP contribution in [-0.2, 0) is 0 Å². The van der Waals surface area contributed by atoms with E-state index in [0.29, 0.717) is 0 Å². The quantitative estimate of drug-likeness (QED) is 0.671. The van der Waals surface area contributed by atoms with E-state index in [1.165, 1.54) is 16.5 Å². The third kappa shape index (κ3) is 1.93. The van der Waals surface area contributed by atoms with Gasteiger partial charge in [0.1, 0.15) is 5.75 Å². The molecular formula is C16H13NO. The predicted molar refractivity (Wildman–Crippen MR) is 73.7 cm³/mol. The highest BCUT2D eigenvalue weighted by Crippen LogP contribution is 2.25. The molecule has 1 heterocycles. The van der Waals surface area contributed by atoms with Crippen molar-refractivity contribution in [3.8, 4) is 16.9 Å². The highest BCUT2D eigenvalue weighted by Gasteiger charge is 2.00. The van der Waals surface area contributed by atoms with Crippen molar-refractivity contribution >= 4 is 10.8 Å². The number of ether oxygens (including phenoxy) is 1. The molecule has 2 nitrogen and oxygen atoms in total. The molecule has 0 amide bonds. The first-order valence-electron chi connectivity index (χ1n) is 5.85. The summed E-state index contributed by atoms with van der Waals surface area (Å²) in [4.78, 5) is 4.12. The Hall–Kier alpha value is -2.35. The minimum absolute atomic E-state index is 0.878. The summed E-state index contributed by atoms with van der Waals surface area (Å²) in [5.41, 5.74) is 2.39. The van der Waals surface area contributed by atoms with E-state index in [4.69, 9.17) is 4.74 Å². The Labute approximate surface area is 106 Å². The molecule has 0 bridgehead atoms. The van der Waals surface area contributed by atoms with E-state index in [2.05, 4.69) is 35.3 Å². The van der Waals surface area contributed by atoms with Gasteiger partial charge in [0.15, 0.2) is 0 Å². The first-order valence-corrected chi connectivity index (χ1v) is 5.85. The molecule has 2 aromatic carbocycles. The second-order valence-corrected chi connectivity index (χ2v) is 4.17. The zero-order chi connectivity index (χ0) is 12.4. The Bertz CT molecular complexity index is 674. The molecule has 0 saturated carbocycles. The van der Waals surface area contributed by atoms with E-state index in [1.54, 1.807) is 7.11 Å². The first kappa shape index (κ1) is 10.8. The number of hydrogen-bond donors (Lipinski definition) is 0. The van der Waals surface area contributed by atoms with Crippen LogP contribution in [-0.4, -0.2) is 12.1 Å². The molecule has 0 radical (unpaired) electrons. The van der Waals surface area contributed by atoms with Gasteiger partial charge in [0.2, 0.25) is 0 Å². The molecule has 2 heteroatoms. The Morgan fingerprint density at radius 2 is 1.61 bits per heavy atom. The van der Waals surface area contributed by atoms with Crippen LogP contribution in [0.25, 0.3) is 21.9 Å².